The van der Waals surface area contributed by atoms with Gasteiger partial charge in [-0.15, -0.1) is 11.6 Å². The Morgan fingerprint density at radius 3 is 2.55 bits per heavy atom. The highest BCUT2D eigenvalue weighted by atomic mass is 35.5. The molecule has 1 amide bonds. The van der Waals surface area contributed by atoms with Crippen LogP contribution in [0.3, 0.4) is 0 Å². The minimum atomic E-state index is -0.126. The Bertz CT molecular complexity index is 537. The zero-order valence-corrected chi connectivity index (χ0v) is 12.0. The number of ether oxygens (including phenoxy) is 1. The number of benzene rings is 1. The van der Waals surface area contributed by atoms with Gasteiger partial charge in [0.1, 0.15) is 17.4 Å². The topological polar surface area (TPSA) is 42.7 Å². The molecule has 0 saturated carbocycles. The largest absolute Gasteiger partial charge is 0.497 e. The molecule has 5 heteroatoms. The number of rotatable bonds is 6. The van der Waals surface area contributed by atoms with Crippen LogP contribution in [-0.2, 0) is 17.9 Å². The summed E-state index contributed by atoms with van der Waals surface area (Å²) in [5, 5.41) is 0. The first-order chi connectivity index (χ1) is 9.72. The van der Waals surface area contributed by atoms with Crippen molar-refractivity contribution in [1.82, 2.24) is 4.90 Å². The summed E-state index contributed by atoms with van der Waals surface area (Å²) >= 11 is 5.66. The molecule has 1 aromatic heterocycles. The predicted octanol–water partition coefficient (Wildman–Crippen LogP) is 3.06. The van der Waals surface area contributed by atoms with E-state index in [0.717, 1.165) is 17.1 Å². The lowest BCUT2D eigenvalue weighted by atomic mass is 10.2. The molecule has 2 aromatic rings. The van der Waals surface area contributed by atoms with Gasteiger partial charge >= 0.3 is 0 Å². The summed E-state index contributed by atoms with van der Waals surface area (Å²) in [6, 6.07) is 11.2. The van der Waals surface area contributed by atoms with Gasteiger partial charge in [-0.1, -0.05) is 12.1 Å². The molecule has 2 rings (SSSR count). The molecule has 0 aliphatic rings. The van der Waals surface area contributed by atoms with Crippen molar-refractivity contribution in [2.45, 2.75) is 13.1 Å². The van der Waals surface area contributed by atoms with Crippen LogP contribution in [0.5, 0.6) is 5.75 Å². The van der Waals surface area contributed by atoms with E-state index >= 15 is 0 Å². The van der Waals surface area contributed by atoms with E-state index in [4.69, 9.17) is 20.8 Å². The van der Waals surface area contributed by atoms with E-state index in [0.29, 0.717) is 13.1 Å². The maximum Gasteiger partial charge on any atom is 0.238 e. The molecular formula is C15H16ClNO3. The summed E-state index contributed by atoms with van der Waals surface area (Å²) in [4.78, 5) is 13.6. The van der Waals surface area contributed by atoms with Crippen molar-refractivity contribution in [3.63, 3.8) is 0 Å². The van der Waals surface area contributed by atoms with Gasteiger partial charge in [-0.05, 0) is 29.8 Å². The van der Waals surface area contributed by atoms with Gasteiger partial charge in [-0.25, -0.2) is 0 Å². The van der Waals surface area contributed by atoms with Crippen molar-refractivity contribution >= 4 is 17.5 Å². The number of hydrogen-bond donors (Lipinski definition) is 0. The SMILES string of the molecule is COc1ccc(CN(Cc2ccco2)C(=O)CCl)cc1. The fourth-order valence-electron chi connectivity index (χ4n) is 1.86. The molecular weight excluding hydrogens is 278 g/mol. The summed E-state index contributed by atoms with van der Waals surface area (Å²) < 4.78 is 10.4. The third-order valence-corrected chi connectivity index (χ3v) is 3.15. The molecule has 1 aromatic carbocycles. The number of carbonyl (C=O) groups excluding carboxylic acids is 1. The maximum absolute atomic E-state index is 11.9. The molecule has 0 bridgehead atoms. The minimum absolute atomic E-state index is 0.0448. The number of hydrogen-bond acceptors (Lipinski definition) is 3. The van der Waals surface area contributed by atoms with Crippen molar-refractivity contribution in [1.29, 1.82) is 0 Å². The first kappa shape index (κ1) is 14.5. The zero-order valence-electron chi connectivity index (χ0n) is 11.2. The number of carbonyl (C=O) groups is 1. The van der Waals surface area contributed by atoms with Crippen LogP contribution in [0, 0.1) is 0 Å². The molecule has 0 unspecified atom stereocenters. The monoisotopic (exact) mass is 293 g/mol. The van der Waals surface area contributed by atoms with E-state index < -0.39 is 0 Å². The van der Waals surface area contributed by atoms with Gasteiger partial charge in [-0.2, -0.15) is 0 Å². The molecule has 20 heavy (non-hydrogen) atoms. The molecule has 106 valence electrons. The maximum atomic E-state index is 11.9. The Morgan fingerprint density at radius 1 is 1.25 bits per heavy atom. The van der Waals surface area contributed by atoms with Crippen LogP contribution in [0.15, 0.2) is 47.1 Å². The molecule has 0 spiro atoms. The van der Waals surface area contributed by atoms with E-state index in [2.05, 4.69) is 0 Å². The smallest absolute Gasteiger partial charge is 0.238 e. The molecule has 0 aliphatic carbocycles. The summed E-state index contributed by atoms with van der Waals surface area (Å²) in [5.41, 5.74) is 1.01. The number of halogens is 1. The van der Waals surface area contributed by atoms with Gasteiger partial charge in [-0.3, -0.25) is 4.79 Å². The van der Waals surface area contributed by atoms with Gasteiger partial charge in [0.2, 0.25) is 5.91 Å². The molecule has 0 fully saturated rings. The highest BCUT2D eigenvalue weighted by molar-refractivity contribution is 6.27. The first-order valence-corrected chi connectivity index (χ1v) is 6.75. The van der Waals surface area contributed by atoms with Crippen LogP contribution in [0.4, 0.5) is 0 Å². The summed E-state index contributed by atoms with van der Waals surface area (Å²) in [6.45, 7) is 0.890. The number of nitrogens with zero attached hydrogens (tertiary/aromatic N) is 1. The third kappa shape index (κ3) is 3.78. The fourth-order valence-corrected chi connectivity index (χ4v) is 2.03. The van der Waals surface area contributed by atoms with Crippen LogP contribution in [0.1, 0.15) is 11.3 Å². The molecule has 0 N–H and O–H groups in total. The zero-order chi connectivity index (χ0) is 14.4. The van der Waals surface area contributed by atoms with E-state index in [1.165, 1.54) is 0 Å². The lowest BCUT2D eigenvalue weighted by Gasteiger charge is -2.21. The average molecular weight is 294 g/mol. The molecule has 0 saturated heterocycles. The highest BCUT2D eigenvalue weighted by Gasteiger charge is 2.14. The van der Waals surface area contributed by atoms with Crippen molar-refractivity contribution in [2.24, 2.45) is 0 Å². The molecule has 0 aliphatic heterocycles. The highest BCUT2D eigenvalue weighted by Crippen LogP contribution is 2.15. The average Bonchev–Trinajstić information content (AvgIpc) is 2.99. The van der Waals surface area contributed by atoms with Crippen LogP contribution in [0.2, 0.25) is 0 Å². The summed E-state index contributed by atoms with van der Waals surface area (Å²) in [5.74, 6) is 1.35. The Balaban J connectivity index is 2.08. The number of alkyl halides is 1. The standard InChI is InChI=1S/C15H16ClNO3/c1-19-13-6-4-12(5-7-13)10-17(15(18)9-16)11-14-3-2-8-20-14/h2-8H,9-11H2,1H3. The van der Waals surface area contributed by atoms with Crippen LogP contribution < -0.4 is 4.74 Å². The van der Waals surface area contributed by atoms with Gasteiger partial charge in [0, 0.05) is 6.54 Å². The van der Waals surface area contributed by atoms with Crippen molar-refractivity contribution < 1.29 is 13.9 Å². The lowest BCUT2D eigenvalue weighted by molar-refractivity contribution is -0.130. The lowest BCUT2D eigenvalue weighted by Crippen LogP contribution is -2.30. The Morgan fingerprint density at radius 2 is 2.00 bits per heavy atom. The van der Waals surface area contributed by atoms with Gasteiger partial charge < -0.3 is 14.1 Å². The molecule has 1 heterocycles. The van der Waals surface area contributed by atoms with Crippen molar-refractivity contribution in [2.75, 3.05) is 13.0 Å². The Labute approximate surface area is 122 Å². The first-order valence-electron chi connectivity index (χ1n) is 6.22. The van der Waals surface area contributed by atoms with E-state index in [1.807, 2.05) is 30.3 Å². The Kier molecular flexibility index (Phi) is 5.07. The minimum Gasteiger partial charge on any atom is -0.497 e. The molecule has 4 nitrogen and oxygen atoms in total. The number of methoxy groups -OCH3 is 1. The third-order valence-electron chi connectivity index (χ3n) is 2.93. The van der Waals surface area contributed by atoms with E-state index in [1.54, 1.807) is 24.3 Å². The normalized spacial score (nSPS) is 10.3. The van der Waals surface area contributed by atoms with Crippen LogP contribution >= 0.6 is 11.6 Å². The van der Waals surface area contributed by atoms with Gasteiger partial charge in [0.15, 0.2) is 0 Å². The van der Waals surface area contributed by atoms with Crippen LogP contribution in [0.25, 0.3) is 0 Å². The second kappa shape index (κ2) is 7.01. The second-order valence-corrected chi connectivity index (χ2v) is 4.58. The van der Waals surface area contributed by atoms with Crippen LogP contribution in [-0.4, -0.2) is 23.8 Å². The van der Waals surface area contributed by atoms with E-state index in [9.17, 15) is 4.79 Å². The summed E-state index contributed by atoms with van der Waals surface area (Å²) in [7, 11) is 1.62. The predicted molar refractivity (Wildman–Crippen MR) is 76.7 cm³/mol. The van der Waals surface area contributed by atoms with Gasteiger partial charge in [0.05, 0.1) is 19.9 Å². The van der Waals surface area contributed by atoms with E-state index in [-0.39, 0.29) is 11.8 Å². The van der Waals surface area contributed by atoms with Gasteiger partial charge in [0.25, 0.3) is 0 Å². The van der Waals surface area contributed by atoms with Crippen molar-refractivity contribution in [3.8, 4) is 5.75 Å². The number of furan rings is 1. The molecule has 0 radical (unpaired) electrons. The quantitative estimate of drug-likeness (QED) is 0.769. The summed E-state index contributed by atoms with van der Waals surface area (Å²) in [6.07, 6.45) is 1.59. The molecule has 0 atom stereocenters. The fraction of sp³-hybridized carbons (Fsp3) is 0.267. The number of amides is 1. The van der Waals surface area contributed by atoms with Crippen molar-refractivity contribution in [3.05, 3.63) is 54.0 Å². The second-order valence-electron chi connectivity index (χ2n) is 4.31. The Hall–Kier alpha value is -1.94.